The number of nitrogens with zero attached hydrogens (tertiary/aromatic N) is 1. The summed E-state index contributed by atoms with van der Waals surface area (Å²) in [6.07, 6.45) is 1.96. The molecule has 0 saturated carbocycles. The largest absolute Gasteiger partial charge is 0.385 e. The van der Waals surface area contributed by atoms with Crippen molar-refractivity contribution in [2.24, 2.45) is 0 Å². The molecule has 2 amide bonds. The molecule has 0 aliphatic carbocycles. The summed E-state index contributed by atoms with van der Waals surface area (Å²) in [5.41, 5.74) is 0. The van der Waals surface area contributed by atoms with Crippen LogP contribution in [0.5, 0.6) is 0 Å². The molecule has 4 nitrogen and oxygen atoms in total. The minimum absolute atomic E-state index is 0.0348. The van der Waals surface area contributed by atoms with Crippen LogP contribution in [0.4, 0.5) is 4.79 Å². The Balaban J connectivity index is 3.14. The number of unbranched alkanes of at least 4 members (excludes halogenated alkanes) is 1. The summed E-state index contributed by atoms with van der Waals surface area (Å²) in [7, 11) is 5.13. The molecule has 0 atom stereocenters. The van der Waals surface area contributed by atoms with Gasteiger partial charge in [0.15, 0.2) is 0 Å². The van der Waals surface area contributed by atoms with Crippen LogP contribution in [-0.4, -0.2) is 45.3 Å². The van der Waals surface area contributed by atoms with E-state index in [4.69, 9.17) is 4.74 Å². The maximum atomic E-state index is 11.0. The molecule has 72 valence electrons. The van der Waals surface area contributed by atoms with Gasteiger partial charge in [-0.2, -0.15) is 0 Å². The lowest BCUT2D eigenvalue weighted by atomic mass is 10.3. The van der Waals surface area contributed by atoms with Crippen LogP contribution in [0, 0.1) is 0 Å². The van der Waals surface area contributed by atoms with Gasteiger partial charge in [-0.15, -0.1) is 0 Å². The van der Waals surface area contributed by atoms with Gasteiger partial charge >= 0.3 is 6.03 Å². The molecule has 4 heteroatoms. The Morgan fingerprint density at radius 3 is 2.58 bits per heavy atom. The molecule has 0 aromatic heterocycles. The van der Waals surface area contributed by atoms with Gasteiger partial charge < -0.3 is 15.0 Å². The van der Waals surface area contributed by atoms with E-state index in [1.165, 1.54) is 4.90 Å². The van der Waals surface area contributed by atoms with E-state index in [1.807, 2.05) is 0 Å². The molecule has 12 heavy (non-hydrogen) atoms. The second kappa shape index (κ2) is 6.91. The number of rotatable bonds is 5. The highest BCUT2D eigenvalue weighted by molar-refractivity contribution is 5.73. The molecular formula is C8H18N2O2. The minimum Gasteiger partial charge on any atom is -0.385 e. The molecule has 0 heterocycles. The van der Waals surface area contributed by atoms with Crippen LogP contribution < -0.4 is 5.32 Å². The van der Waals surface area contributed by atoms with E-state index in [-0.39, 0.29) is 6.03 Å². The van der Waals surface area contributed by atoms with Crippen molar-refractivity contribution in [2.75, 3.05) is 34.4 Å². The first-order chi connectivity index (χ1) is 5.68. The van der Waals surface area contributed by atoms with Crippen LogP contribution >= 0.6 is 0 Å². The van der Waals surface area contributed by atoms with Crippen molar-refractivity contribution in [3.8, 4) is 0 Å². The summed E-state index contributed by atoms with van der Waals surface area (Å²) in [5, 5.41) is 2.77. The Labute approximate surface area is 73.9 Å². The van der Waals surface area contributed by atoms with E-state index in [0.29, 0.717) is 0 Å². The zero-order valence-corrected chi connectivity index (χ0v) is 8.09. The quantitative estimate of drug-likeness (QED) is 0.623. The van der Waals surface area contributed by atoms with Crippen LogP contribution in [0.1, 0.15) is 12.8 Å². The smallest absolute Gasteiger partial charge is 0.316 e. The van der Waals surface area contributed by atoms with E-state index < -0.39 is 0 Å². The molecule has 0 radical (unpaired) electrons. The van der Waals surface area contributed by atoms with Crippen molar-refractivity contribution in [1.82, 2.24) is 10.2 Å². The van der Waals surface area contributed by atoms with Gasteiger partial charge in [0.25, 0.3) is 0 Å². The van der Waals surface area contributed by atoms with Crippen LogP contribution in [0.3, 0.4) is 0 Å². The summed E-state index contributed by atoms with van der Waals surface area (Å²) >= 11 is 0. The standard InChI is InChI=1S/C8H18N2O2/c1-10(2)8(11)9-6-4-5-7-12-3/h4-7H2,1-3H3,(H,9,11). The first-order valence-corrected chi connectivity index (χ1v) is 4.12. The molecule has 0 aliphatic rings. The fourth-order valence-electron chi connectivity index (χ4n) is 0.725. The third-order valence-corrected chi connectivity index (χ3v) is 1.46. The monoisotopic (exact) mass is 174 g/mol. The molecular weight excluding hydrogens is 156 g/mol. The van der Waals surface area contributed by atoms with E-state index >= 15 is 0 Å². The second-order valence-electron chi connectivity index (χ2n) is 2.83. The Kier molecular flexibility index (Phi) is 6.47. The first-order valence-electron chi connectivity index (χ1n) is 4.12. The molecule has 0 aliphatic heterocycles. The zero-order chi connectivity index (χ0) is 9.40. The number of ether oxygens (including phenoxy) is 1. The predicted octanol–water partition coefficient (Wildman–Crippen LogP) is 0.684. The van der Waals surface area contributed by atoms with Gasteiger partial charge in [0.05, 0.1) is 0 Å². The van der Waals surface area contributed by atoms with Gasteiger partial charge in [0.2, 0.25) is 0 Å². The maximum Gasteiger partial charge on any atom is 0.316 e. The Morgan fingerprint density at radius 2 is 2.08 bits per heavy atom. The SMILES string of the molecule is COCCCCNC(=O)N(C)C. The van der Waals surface area contributed by atoms with E-state index in [2.05, 4.69) is 5.32 Å². The van der Waals surface area contributed by atoms with E-state index in [9.17, 15) is 4.79 Å². The van der Waals surface area contributed by atoms with Crippen molar-refractivity contribution >= 4 is 6.03 Å². The van der Waals surface area contributed by atoms with Crippen molar-refractivity contribution in [3.05, 3.63) is 0 Å². The van der Waals surface area contributed by atoms with Gasteiger partial charge in [-0.25, -0.2) is 4.79 Å². The zero-order valence-electron chi connectivity index (χ0n) is 8.09. The number of amides is 2. The number of urea groups is 1. The van der Waals surface area contributed by atoms with Crippen molar-refractivity contribution in [3.63, 3.8) is 0 Å². The summed E-state index contributed by atoms with van der Waals surface area (Å²) in [6.45, 7) is 1.48. The number of carbonyl (C=O) groups excluding carboxylic acids is 1. The predicted molar refractivity (Wildman–Crippen MR) is 48.2 cm³/mol. The topological polar surface area (TPSA) is 41.6 Å². The normalized spacial score (nSPS) is 9.58. The molecule has 0 bridgehead atoms. The van der Waals surface area contributed by atoms with Crippen LogP contribution in [-0.2, 0) is 4.74 Å². The third-order valence-electron chi connectivity index (χ3n) is 1.46. The van der Waals surface area contributed by atoms with Gasteiger partial charge in [-0.1, -0.05) is 0 Å². The first kappa shape index (κ1) is 11.2. The molecule has 0 unspecified atom stereocenters. The third kappa shape index (κ3) is 5.97. The van der Waals surface area contributed by atoms with Gasteiger partial charge in [0, 0.05) is 34.4 Å². The van der Waals surface area contributed by atoms with Crippen molar-refractivity contribution in [2.45, 2.75) is 12.8 Å². The lowest BCUT2D eigenvalue weighted by Gasteiger charge is -2.11. The average molecular weight is 174 g/mol. The molecule has 0 fully saturated rings. The summed E-state index contributed by atoms with van der Waals surface area (Å²) < 4.78 is 4.87. The highest BCUT2D eigenvalue weighted by Crippen LogP contribution is 1.87. The van der Waals surface area contributed by atoms with Crippen LogP contribution in [0.15, 0.2) is 0 Å². The van der Waals surface area contributed by atoms with Crippen molar-refractivity contribution < 1.29 is 9.53 Å². The summed E-state index contributed by atoms with van der Waals surface area (Å²) in [5.74, 6) is 0. The number of hydrogen-bond acceptors (Lipinski definition) is 2. The number of carbonyl (C=O) groups is 1. The Morgan fingerprint density at radius 1 is 1.42 bits per heavy atom. The highest BCUT2D eigenvalue weighted by Gasteiger charge is 1.99. The summed E-state index contributed by atoms with van der Waals surface area (Å²) in [4.78, 5) is 12.5. The second-order valence-corrected chi connectivity index (χ2v) is 2.83. The van der Waals surface area contributed by atoms with Gasteiger partial charge in [-0.3, -0.25) is 0 Å². The molecule has 0 spiro atoms. The number of methoxy groups -OCH3 is 1. The van der Waals surface area contributed by atoms with Gasteiger partial charge in [0.1, 0.15) is 0 Å². The number of hydrogen-bond donors (Lipinski definition) is 1. The summed E-state index contributed by atoms with van der Waals surface area (Å²) in [6, 6.07) is -0.0348. The van der Waals surface area contributed by atoms with Crippen LogP contribution in [0.2, 0.25) is 0 Å². The molecule has 0 saturated heterocycles. The lowest BCUT2D eigenvalue weighted by Crippen LogP contribution is -2.35. The fraction of sp³-hybridized carbons (Fsp3) is 0.875. The van der Waals surface area contributed by atoms with Crippen molar-refractivity contribution in [1.29, 1.82) is 0 Å². The molecule has 0 rings (SSSR count). The minimum atomic E-state index is -0.0348. The number of nitrogens with one attached hydrogen (secondary N) is 1. The Hall–Kier alpha value is -0.770. The van der Waals surface area contributed by atoms with E-state index in [0.717, 1.165) is 26.0 Å². The lowest BCUT2D eigenvalue weighted by molar-refractivity contribution is 0.191. The maximum absolute atomic E-state index is 11.0. The fourth-order valence-corrected chi connectivity index (χ4v) is 0.725. The average Bonchev–Trinajstić information content (AvgIpc) is 2.03. The van der Waals surface area contributed by atoms with Gasteiger partial charge in [-0.05, 0) is 12.8 Å². The molecule has 0 aromatic rings. The Bertz CT molecular complexity index is 126. The van der Waals surface area contributed by atoms with E-state index in [1.54, 1.807) is 21.2 Å². The highest BCUT2D eigenvalue weighted by atomic mass is 16.5. The molecule has 0 aromatic carbocycles. The van der Waals surface area contributed by atoms with Crippen LogP contribution in [0.25, 0.3) is 0 Å². The molecule has 1 N–H and O–H groups in total.